The van der Waals surface area contributed by atoms with E-state index in [1.165, 1.54) is 11.8 Å². The molecule has 0 aromatic heterocycles. The van der Waals surface area contributed by atoms with Crippen LogP contribution in [-0.2, 0) is 14.3 Å². The number of carbonyl (C=O) groups excluding carboxylic acids is 2. The summed E-state index contributed by atoms with van der Waals surface area (Å²) in [7, 11) is 3.18. The fourth-order valence-corrected chi connectivity index (χ4v) is 5.35. The number of hydrogen-bond acceptors (Lipinski definition) is 8. The van der Waals surface area contributed by atoms with Gasteiger partial charge in [-0.15, -0.1) is 0 Å². The molecular formula is C29H33N3O5S. The van der Waals surface area contributed by atoms with Gasteiger partial charge in [-0.05, 0) is 43.9 Å². The number of thioether (sulfide) groups is 1. The fourth-order valence-electron chi connectivity index (χ4n) is 4.43. The highest BCUT2D eigenvalue weighted by Gasteiger charge is 2.43. The maximum absolute atomic E-state index is 13.7. The highest BCUT2D eigenvalue weighted by atomic mass is 32.2. The van der Waals surface area contributed by atoms with Crippen LogP contribution in [0.1, 0.15) is 50.8 Å². The Bertz CT molecular complexity index is 1290. The number of nitrogens with zero attached hydrogens (tertiary/aromatic N) is 2. The van der Waals surface area contributed by atoms with Crippen molar-refractivity contribution in [1.82, 2.24) is 10.2 Å². The number of carbonyl (C=O) groups is 2. The van der Waals surface area contributed by atoms with Crippen LogP contribution in [0, 0.1) is 0 Å². The lowest BCUT2D eigenvalue weighted by Gasteiger charge is -2.37. The van der Waals surface area contributed by atoms with E-state index in [-0.39, 0.29) is 25.0 Å². The average Bonchev–Trinajstić information content (AvgIpc) is 3.34. The second kappa shape index (κ2) is 12.2. The molecule has 200 valence electrons. The summed E-state index contributed by atoms with van der Waals surface area (Å²) >= 11 is 1.42. The van der Waals surface area contributed by atoms with Crippen molar-refractivity contribution in [3.63, 3.8) is 0 Å². The first-order valence-corrected chi connectivity index (χ1v) is 13.5. The first kappa shape index (κ1) is 27.3. The van der Waals surface area contributed by atoms with Crippen molar-refractivity contribution in [2.75, 3.05) is 20.8 Å². The standard InChI is InChI=1S/C29H33N3O5S/c1-6-18(3)30-24(33)15-20-17-38-29-31-26(19-11-9-8-10-12-19)25(28(34)37-7-2)27(32(20)29)22-16-21(35-4)13-14-23(22)36-5/h8-14,16-18,27H,6-7,15H2,1-5H3,(H,30,33)/t18-,27+/m1/s1. The van der Waals surface area contributed by atoms with Crippen LogP contribution in [0.15, 0.2) is 70.2 Å². The van der Waals surface area contributed by atoms with E-state index >= 15 is 0 Å². The summed E-state index contributed by atoms with van der Waals surface area (Å²) in [4.78, 5) is 33.5. The number of amides is 1. The Hall–Kier alpha value is -3.72. The predicted octanol–water partition coefficient (Wildman–Crippen LogP) is 5.28. The number of fused-ring (bicyclic) bond motifs is 1. The molecule has 0 fully saturated rings. The Labute approximate surface area is 227 Å². The molecule has 0 unspecified atom stereocenters. The number of esters is 1. The van der Waals surface area contributed by atoms with Crippen molar-refractivity contribution in [2.45, 2.75) is 45.7 Å². The summed E-state index contributed by atoms with van der Waals surface area (Å²) in [6.07, 6.45) is 0.964. The SMILES string of the molecule is CCOC(=O)C1=C(c2ccccc2)N=C2SC=C(CC(=O)N[C@H](C)CC)N2[C@H]1c1cc(OC)ccc1OC. The maximum atomic E-state index is 13.7. The number of amidine groups is 1. The molecule has 2 aliphatic rings. The van der Waals surface area contributed by atoms with E-state index in [0.717, 1.165) is 17.7 Å². The van der Waals surface area contributed by atoms with E-state index in [4.69, 9.17) is 19.2 Å². The zero-order valence-electron chi connectivity index (χ0n) is 22.3. The topological polar surface area (TPSA) is 89.5 Å². The van der Waals surface area contributed by atoms with E-state index in [9.17, 15) is 9.59 Å². The van der Waals surface area contributed by atoms with Gasteiger partial charge in [0.2, 0.25) is 5.91 Å². The average molecular weight is 536 g/mol. The molecule has 2 aromatic rings. The smallest absolute Gasteiger partial charge is 0.338 e. The van der Waals surface area contributed by atoms with E-state index < -0.39 is 12.0 Å². The van der Waals surface area contributed by atoms with Gasteiger partial charge >= 0.3 is 5.97 Å². The molecule has 0 saturated carbocycles. The summed E-state index contributed by atoms with van der Waals surface area (Å²) in [5, 5.41) is 5.62. The minimum absolute atomic E-state index is 0.0561. The van der Waals surface area contributed by atoms with E-state index in [2.05, 4.69) is 5.32 Å². The molecule has 2 heterocycles. The number of aliphatic imine (C=N–C) groups is 1. The van der Waals surface area contributed by atoms with Gasteiger partial charge in [0.25, 0.3) is 0 Å². The van der Waals surface area contributed by atoms with Crippen molar-refractivity contribution < 1.29 is 23.8 Å². The van der Waals surface area contributed by atoms with Gasteiger partial charge in [0, 0.05) is 22.9 Å². The van der Waals surface area contributed by atoms with Crippen LogP contribution in [0.3, 0.4) is 0 Å². The van der Waals surface area contributed by atoms with Crippen molar-refractivity contribution in [1.29, 1.82) is 0 Å². The van der Waals surface area contributed by atoms with Crippen LogP contribution in [0.4, 0.5) is 0 Å². The minimum Gasteiger partial charge on any atom is -0.497 e. The van der Waals surface area contributed by atoms with Crippen molar-refractivity contribution in [3.05, 3.63) is 76.3 Å². The van der Waals surface area contributed by atoms with Crippen LogP contribution in [0.25, 0.3) is 5.70 Å². The van der Waals surface area contributed by atoms with Crippen LogP contribution in [0.5, 0.6) is 11.5 Å². The van der Waals surface area contributed by atoms with Gasteiger partial charge in [-0.1, -0.05) is 49.0 Å². The molecule has 0 radical (unpaired) electrons. The monoisotopic (exact) mass is 535 g/mol. The van der Waals surface area contributed by atoms with Crippen molar-refractivity contribution in [3.8, 4) is 11.5 Å². The third-order valence-electron chi connectivity index (χ3n) is 6.45. The zero-order chi connectivity index (χ0) is 27.2. The Balaban J connectivity index is 1.92. The quantitative estimate of drug-likeness (QED) is 0.414. The Morgan fingerprint density at radius 1 is 1.11 bits per heavy atom. The molecule has 0 spiro atoms. The summed E-state index contributed by atoms with van der Waals surface area (Å²) in [5.41, 5.74) is 3.11. The highest BCUT2D eigenvalue weighted by Crippen LogP contribution is 2.49. The van der Waals surface area contributed by atoms with Crippen LogP contribution in [-0.4, -0.2) is 48.8 Å². The molecule has 2 aliphatic heterocycles. The first-order valence-electron chi connectivity index (χ1n) is 12.6. The normalized spacial score (nSPS) is 17.3. The minimum atomic E-state index is -0.667. The molecule has 2 atom stereocenters. The van der Waals surface area contributed by atoms with Gasteiger partial charge in [-0.2, -0.15) is 0 Å². The zero-order valence-corrected chi connectivity index (χ0v) is 23.1. The number of hydrogen-bond donors (Lipinski definition) is 1. The molecule has 1 N–H and O–H groups in total. The predicted molar refractivity (Wildman–Crippen MR) is 150 cm³/mol. The molecule has 38 heavy (non-hydrogen) atoms. The van der Waals surface area contributed by atoms with Crippen LogP contribution in [0.2, 0.25) is 0 Å². The molecule has 9 heteroatoms. The van der Waals surface area contributed by atoms with Crippen LogP contribution < -0.4 is 14.8 Å². The van der Waals surface area contributed by atoms with Gasteiger partial charge in [0.15, 0.2) is 5.17 Å². The van der Waals surface area contributed by atoms with Crippen LogP contribution >= 0.6 is 11.8 Å². The summed E-state index contributed by atoms with van der Waals surface area (Å²) < 4.78 is 16.9. The van der Waals surface area contributed by atoms with Crippen molar-refractivity contribution >= 4 is 34.5 Å². The van der Waals surface area contributed by atoms with Crippen molar-refractivity contribution in [2.24, 2.45) is 4.99 Å². The van der Waals surface area contributed by atoms with E-state index in [1.54, 1.807) is 27.2 Å². The molecule has 0 aliphatic carbocycles. The third kappa shape index (κ3) is 5.57. The molecule has 1 amide bonds. The summed E-state index contributed by atoms with van der Waals surface area (Å²) in [6, 6.07) is 14.4. The number of nitrogens with one attached hydrogen (secondary N) is 1. The van der Waals surface area contributed by atoms with Gasteiger partial charge in [-0.3, -0.25) is 4.79 Å². The first-order chi connectivity index (χ1) is 18.4. The summed E-state index contributed by atoms with van der Waals surface area (Å²) in [6.45, 7) is 5.98. The fraction of sp³-hybridized carbons (Fsp3) is 0.345. The lowest BCUT2D eigenvalue weighted by molar-refractivity contribution is -0.139. The molecule has 0 bridgehead atoms. The number of rotatable bonds is 10. The van der Waals surface area contributed by atoms with Gasteiger partial charge < -0.3 is 24.4 Å². The lowest BCUT2D eigenvalue weighted by atomic mass is 9.90. The number of benzene rings is 2. The largest absolute Gasteiger partial charge is 0.497 e. The van der Waals surface area contributed by atoms with Gasteiger partial charge in [0.05, 0.1) is 44.6 Å². The third-order valence-corrected chi connectivity index (χ3v) is 7.33. The molecule has 0 saturated heterocycles. The second-order valence-corrected chi connectivity index (χ2v) is 9.74. The molecular weight excluding hydrogens is 502 g/mol. The Morgan fingerprint density at radius 2 is 1.87 bits per heavy atom. The van der Waals surface area contributed by atoms with Gasteiger partial charge in [0.1, 0.15) is 11.5 Å². The van der Waals surface area contributed by atoms with E-state index in [1.807, 2.05) is 66.6 Å². The Morgan fingerprint density at radius 3 is 2.53 bits per heavy atom. The Kier molecular flexibility index (Phi) is 8.78. The summed E-state index contributed by atoms with van der Waals surface area (Å²) in [5.74, 6) is 0.608. The molecule has 4 rings (SSSR count). The van der Waals surface area contributed by atoms with E-state index in [0.29, 0.717) is 33.5 Å². The van der Waals surface area contributed by atoms with Gasteiger partial charge in [-0.25, -0.2) is 9.79 Å². The lowest BCUT2D eigenvalue weighted by Crippen LogP contribution is -2.39. The molecule has 2 aromatic carbocycles. The molecule has 8 nitrogen and oxygen atoms in total. The number of methoxy groups -OCH3 is 2. The highest BCUT2D eigenvalue weighted by molar-refractivity contribution is 8.16. The maximum Gasteiger partial charge on any atom is 0.338 e. The number of ether oxygens (including phenoxy) is 3. The second-order valence-electron chi connectivity index (χ2n) is 8.90.